The lowest BCUT2D eigenvalue weighted by Crippen LogP contribution is -2.45. The minimum absolute atomic E-state index is 0.117. The summed E-state index contributed by atoms with van der Waals surface area (Å²) in [6.45, 7) is 5.62. The lowest BCUT2D eigenvalue weighted by molar-refractivity contribution is -0.384. The van der Waals surface area contributed by atoms with Crippen LogP contribution in [0.1, 0.15) is 33.6 Å². The van der Waals surface area contributed by atoms with Gasteiger partial charge in [-0.25, -0.2) is 4.79 Å². The number of oxazole rings is 1. The highest BCUT2D eigenvalue weighted by molar-refractivity contribution is 5.85. The highest BCUT2D eigenvalue weighted by Crippen LogP contribution is 2.20. The first-order chi connectivity index (χ1) is 12.6. The first-order valence-corrected chi connectivity index (χ1v) is 8.42. The Bertz CT molecular complexity index is 922. The van der Waals surface area contributed by atoms with Crippen molar-refractivity contribution in [2.75, 3.05) is 6.54 Å². The minimum Gasteiger partial charge on any atom is -0.407 e. The third-order valence-electron chi connectivity index (χ3n) is 3.61. The van der Waals surface area contributed by atoms with Crippen LogP contribution < -0.4 is 16.4 Å². The van der Waals surface area contributed by atoms with Crippen molar-refractivity contribution in [2.45, 2.75) is 45.7 Å². The number of fused-ring (bicyclic) bond motifs is 1. The van der Waals surface area contributed by atoms with Crippen LogP contribution in [0.4, 0.5) is 5.69 Å². The smallest absolute Gasteiger partial charge is 0.407 e. The number of aromatic nitrogens is 1. The zero-order chi connectivity index (χ0) is 20.2. The van der Waals surface area contributed by atoms with Crippen molar-refractivity contribution in [3.8, 4) is 0 Å². The highest BCUT2D eigenvalue weighted by Gasteiger charge is 2.16. The zero-order valence-electron chi connectivity index (χ0n) is 15.4. The van der Waals surface area contributed by atoms with E-state index >= 15 is 0 Å². The first kappa shape index (κ1) is 20.1. The normalized spacial score (nSPS) is 11.4. The SMILES string of the molecule is CC(C)(C)NC(=O)CNC(=O)CCCn1c(=O)oc2cc([N+](=O)[O-])ccc21. The largest absolute Gasteiger partial charge is 0.419 e. The second-order valence-corrected chi connectivity index (χ2v) is 7.11. The van der Waals surface area contributed by atoms with Gasteiger partial charge in [-0.2, -0.15) is 0 Å². The zero-order valence-corrected chi connectivity index (χ0v) is 15.4. The van der Waals surface area contributed by atoms with E-state index in [0.717, 1.165) is 0 Å². The topological polar surface area (TPSA) is 136 Å². The molecule has 0 unspecified atom stereocenters. The Hall–Kier alpha value is -3.17. The third-order valence-corrected chi connectivity index (χ3v) is 3.61. The van der Waals surface area contributed by atoms with Gasteiger partial charge >= 0.3 is 5.76 Å². The Morgan fingerprint density at radius 1 is 1.26 bits per heavy atom. The summed E-state index contributed by atoms with van der Waals surface area (Å²) in [4.78, 5) is 45.6. The minimum atomic E-state index is -0.643. The predicted molar refractivity (Wildman–Crippen MR) is 97.3 cm³/mol. The van der Waals surface area contributed by atoms with Crippen molar-refractivity contribution in [3.05, 3.63) is 38.9 Å². The van der Waals surface area contributed by atoms with Crippen LogP contribution >= 0.6 is 0 Å². The van der Waals surface area contributed by atoms with Crippen molar-refractivity contribution in [2.24, 2.45) is 0 Å². The molecule has 0 aliphatic carbocycles. The van der Waals surface area contributed by atoms with Crippen molar-refractivity contribution in [1.29, 1.82) is 0 Å². The van der Waals surface area contributed by atoms with E-state index in [0.29, 0.717) is 11.9 Å². The average Bonchev–Trinajstić information content (AvgIpc) is 2.86. The van der Waals surface area contributed by atoms with Crippen LogP contribution in [0.5, 0.6) is 0 Å². The Morgan fingerprint density at radius 3 is 2.59 bits per heavy atom. The number of nitrogens with zero attached hydrogens (tertiary/aromatic N) is 2. The number of nitrogens with one attached hydrogen (secondary N) is 2. The second kappa shape index (κ2) is 8.02. The van der Waals surface area contributed by atoms with Crippen LogP contribution in [0.2, 0.25) is 0 Å². The number of benzene rings is 1. The molecule has 0 spiro atoms. The van der Waals surface area contributed by atoms with Gasteiger partial charge in [0.2, 0.25) is 11.8 Å². The predicted octanol–water partition coefficient (Wildman–Crippen LogP) is 1.31. The van der Waals surface area contributed by atoms with Gasteiger partial charge in [0.05, 0.1) is 23.1 Å². The van der Waals surface area contributed by atoms with E-state index in [-0.39, 0.29) is 48.1 Å². The number of non-ortho nitro benzene ring substituents is 1. The molecule has 0 saturated carbocycles. The van der Waals surface area contributed by atoms with Gasteiger partial charge in [0.1, 0.15) is 0 Å². The van der Waals surface area contributed by atoms with Gasteiger partial charge < -0.3 is 15.1 Å². The first-order valence-electron chi connectivity index (χ1n) is 8.42. The number of carbonyl (C=O) groups is 2. The van der Waals surface area contributed by atoms with E-state index in [1.165, 1.54) is 22.8 Å². The van der Waals surface area contributed by atoms with E-state index < -0.39 is 10.7 Å². The molecule has 0 saturated heterocycles. The monoisotopic (exact) mass is 378 g/mol. The summed E-state index contributed by atoms with van der Waals surface area (Å²) in [5, 5.41) is 16.0. The molecule has 0 radical (unpaired) electrons. The summed E-state index contributed by atoms with van der Waals surface area (Å²) in [6, 6.07) is 3.91. The van der Waals surface area contributed by atoms with Gasteiger partial charge in [0, 0.05) is 24.6 Å². The molecule has 2 aromatic rings. The van der Waals surface area contributed by atoms with E-state index in [2.05, 4.69) is 10.6 Å². The summed E-state index contributed by atoms with van der Waals surface area (Å²) in [5.74, 6) is -1.24. The fourth-order valence-electron chi connectivity index (χ4n) is 2.51. The maximum absolute atomic E-state index is 11.9. The molecule has 10 heteroatoms. The number of nitro benzene ring substituents is 1. The molecule has 1 heterocycles. The molecule has 146 valence electrons. The summed E-state index contributed by atoms with van der Waals surface area (Å²) >= 11 is 0. The number of nitro groups is 1. The van der Waals surface area contributed by atoms with Crippen LogP contribution in [-0.4, -0.2) is 33.4 Å². The van der Waals surface area contributed by atoms with Crippen molar-refractivity contribution in [3.63, 3.8) is 0 Å². The maximum atomic E-state index is 11.9. The molecule has 0 aliphatic rings. The number of amides is 2. The molecule has 0 bridgehead atoms. The lowest BCUT2D eigenvalue weighted by atomic mass is 10.1. The van der Waals surface area contributed by atoms with Gasteiger partial charge in [-0.1, -0.05) is 0 Å². The number of carbonyl (C=O) groups excluding carboxylic acids is 2. The molecular formula is C17H22N4O6. The Labute approximate surface area is 154 Å². The number of hydrogen-bond donors (Lipinski definition) is 2. The van der Waals surface area contributed by atoms with E-state index in [1.807, 2.05) is 20.8 Å². The maximum Gasteiger partial charge on any atom is 0.419 e. The fourth-order valence-corrected chi connectivity index (χ4v) is 2.51. The standard InChI is InChI=1S/C17H22N4O6/c1-17(2,3)19-15(23)10-18-14(22)5-4-8-20-12-7-6-11(21(25)26)9-13(12)27-16(20)24/h6-7,9H,4-5,8,10H2,1-3H3,(H,18,22)(H,19,23). The van der Waals surface area contributed by atoms with E-state index in [1.54, 1.807) is 0 Å². The molecule has 0 fully saturated rings. The number of aryl methyl sites for hydroxylation is 1. The highest BCUT2D eigenvalue weighted by atomic mass is 16.6. The fraction of sp³-hybridized carbons (Fsp3) is 0.471. The third kappa shape index (κ3) is 5.66. The van der Waals surface area contributed by atoms with Crippen LogP contribution in [0.25, 0.3) is 11.1 Å². The van der Waals surface area contributed by atoms with Crippen molar-refractivity contribution >= 4 is 28.6 Å². The summed E-state index contributed by atoms with van der Waals surface area (Å²) in [7, 11) is 0. The van der Waals surface area contributed by atoms with Crippen LogP contribution in [0.3, 0.4) is 0 Å². The molecule has 2 N–H and O–H groups in total. The van der Waals surface area contributed by atoms with Gasteiger partial charge in [0.25, 0.3) is 5.69 Å². The molecule has 2 amide bonds. The van der Waals surface area contributed by atoms with Crippen molar-refractivity contribution < 1.29 is 18.9 Å². The number of hydrogen-bond acceptors (Lipinski definition) is 6. The summed E-state index contributed by atoms with van der Waals surface area (Å²) in [6.07, 6.45) is 0.465. The molecule has 10 nitrogen and oxygen atoms in total. The molecule has 2 rings (SSSR count). The van der Waals surface area contributed by atoms with E-state index in [9.17, 15) is 24.5 Å². The molecule has 1 aromatic carbocycles. The second-order valence-electron chi connectivity index (χ2n) is 7.11. The van der Waals surface area contributed by atoms with Crippen LogP contribution in [-0.2, 0) is 16.1 Å². The average molecular weight is 378 g/mol. The van der Waals surface area contributed by atoms with Gasteiger partial charge in [-0.15, -0.1) is 0 Å². The lowest BCUT2D eigenvalue weighted by Gasteiger charge is -2.20. The Balaban J connectivity index is 1.89. The molecule has 0 atom stereocenters. The Morgan fingerprint density at radius 2 is 1.96 bits per heavy atom. The van der Waals surface area contributed by atoms with Gasteiger partial charge in [-0.3, -0.25) is 24.3 Å². The molecule has 1 aromatic heterocycles. The van der Waals surface area contributed by atoms with E-state index in [4.69, 9.17) is 4.42 Å². The summed E-state index contributed by atoms with van der Waals surface area (Å²) < 4.78 is 6.34. The van der Waals surface area contributed by atoms with Crippen molar-refractivity contribution in [1.82, 2.24) is 15.2 Å². The summed E-state index contributed by atoms with van der Waals surface area (Å²) in [5.41, 5.74) is 0.00444. The van der Waals surface area contributed by atoms with Gasteiger partial charge in [0.15, 0.2) is 5.58 Å². The number of rotatable bonds is 7. The quantitative estimate of drug-likeness (QED) is 0.551. The van der Waals surface area contributed by atoms with Gasteiger partial charge in [-0.05, 0) is 33.3 Å². The molecular weight excluding hydrogens is 356 g/mol. The van der Waals surface area contributed by atoms with Crippen LogP contribution in [0, 0.1) is 10.1 Å². The van der Waals surface area contributed by atoms with Crippen LogP contribution in [0.15, 0.2) is 27.4 Å². The Kier molecular flexibility index (Phi) is 5.98. The molecule has 27 heavy (non-hydrogen) atoms. The molecule has 0 aliphatic heterocycles.